The Kier molecular flexibility index (Phi) is 15.2. The number of benzene rings is 2. The average molecular weight is 728 g/mol. The lowest BCUT2D eigenvalue weighted by Crippen LogP contribution is -2.31. The first-order valence-electron chi connectivity index (χ1n) is 16.1. The van der Waals surface area contributed by atoms with Crippen LogP contribution in [-0.2, 0) is 24.8 Å². The maximum Gasteiger partial charge on any atom is 0.306 e. The van der Waals surface area contributed by atoms with E-state index in [2.05, 4.69) is 32.6 Å². The third-order valence-corrected chi connectivity index (χ3v) is 8.60. The molecule has 4 N–H and O–H groups in total. The number of aromatic nitrogens is 2. The molecule has 0 aliphatic heterocycles. The summed E-state index contributed by atoms with van der Waals surface area (Å²) in [7, 11) is 3.59. The molecule has 13 nitrogen and oxygen atoms in total. The number of thioether (sulfide) groups is 1. The number of oxazole rings is 1. The molecule has 0 amide bonds. The van der Waals surface area contributed by atoms with Crippen LogP contribution >= 0.6 is 23.4 Å². The largest absolute Gasteiger partial charge is 0.490 e. The second kappa shape index (κ2) is 20.0. The predicted octanol–water partition coefficient (Wildman–Crippen LogP) is 3.34. The van der Waals surface area contributed by atoms with Gasteiger partial charge in [0.1, 0.15) is 53.8 Å². The number of anilines is 1. The Bertz CT molecular complexity index is 1870. The number of hydrogen-bond acceptors (Lipinski definition) is 14. The Balaban J connectivity index is 1.47. The number of nitrogens with zero attached hydrogens (tertiary/aromatic N) is 4. The number of nitrogens with two attached hydrogens (primary N) is 1. The summed E-state index contributed by atoms with van der Waals surface area (Å²) in [5.74, 6) is 0.326. The molecule has 2 aromatic heterocycles. The van der Waals surface area contributed by atoms with Crippen LogP contribution in [0, 0.1) is 22.7 Å². The molecule has 2 heterocycles. The van der Waals surface area contributed by atoms with Crippen LogP contribution in [0.3, 0.4) is 0 Å². The number of halogens is 1. The molecule has 0 unspecified atom stereocenters. The maximum atomic E-state index is 12.4. The van der Waals surface area contributed by atoms with E-state index in [-0.39, 0.29) is 43.0 Å². The van der Waals surface area contributed by atoms with Crippen LogP contribution in [-0.4, -0.2) is 70.3 Å². The van der Waals surface area contributed by atoms with E-state index in [0.717, 1.165) is 5.56 Å². The fourth-order valence-electron chi connectivity index (χ4n) is 4.78. The van der Waals surface area contributed by atoms with Crippen LogP contribution < -0.4 is 20.9 Å². The third kappa shape index (κ3) is 11.5. The van der Waals surface area contributed by atoms with Crippen LogP contribution in [0.25, 0.3) is 22.6 Å². The van der Waals surface area contributed by atoms with Crippen LogP contribution in [0.5, 0.6) is 5.75 Å². The van der Waals surface area contributed by atoms with Crippen molar-refractivity contribution in [3.05, 3.63) is 76.6 Å². The van der Waals surface area contributed by atoms with E-state index in [1.165, 1.54) is 18.0 Å². The molecule has 0 fully saturated rings. The number of rotatable bonds is 19. The number of carbonyl (C=O) groups is 2. The fourth-order valence-corrected chi connectivity index (χ4v) is 5.78. The molecule has 1 atom stereocenters. The molecule has 2 aromatic carbocycles. The zero-order valence-corrected chi connectivity index (χ0v) is 29.8. The first-order valence-corrected chi connectivity index (χ1v) is 17.5. The van der Waals surface area contributed by atoms with E-state index in [0.29, 0.717) is 70.2 Å². The summed E-state index contributed by atoms with van der Waals surface area (Å²) >= 11 is 7.23. The molecule has 0 bridgehead atoms. The summed E-state index contributed by atoms with van der Waals surface area (Å²) in [6.45, 7) is 1.10. The van der Waals surface area contributed by atoms with Crippen molar-refractivity contribution in [1.82, 2.24) is 20.4 Å². The van der Waals surface area contributed by atoms with Gasteiger partial charge >= 0.3 is 11.9 Å². The van der Waals surface area contributed by atoms with E-state index >= 15 is 0 Å². The van der Waals surface area contributed by atoms with Crippen molar-refractivity contribution >= 4 is 57.1 Å². The van der Waals surface area contributed by atoms with Gasteiger partial charge in [-0.05, 0) is 67.9 Å². The summed E-state index contributed by atoms with van der Waals surface area (Å²) in [6.07, 6.45) is 2.33. The summed E-state index contributed by atoms with van der Waals surface area (Å²) < 4.78 is 22.5. The predicted molar refractivity (Wildman–Crippen MR) is 198 cm³/mol. The zero-order chi connectivity index (χ0) is 36.6. The van der Waals surface area contributed by atoms with Crippen LogP contribution in [0.15, 0.2) is 64.2 Å². The van der Waals surface area contributed by atoms with Gasteiger partial charge in [0, 0.05) is 34.7 Å². The lowest BCUT2D eigenvalue weighted by Gasteiger charge is -2.19. The van der Waals surface area contributed by atoms with Gasteiger partial charge in [0.05, 0.1) is 11.3 Å². The molecule has 17 heteroatoms. The molecule has 0 saturated heterocycles. The van der Waals surface area contributed by atoms with E-state index < -0.39 is 18.0 Å². The average Bonchev–Trinajstić information content (AvgIpc) is 3.61. The summed E-state index contributed by atoms with van der Waals surface area (Å²) in [4.78, 5) is 33.5. The number of hydrogen-bond donors (Lipinski definition) is 3. The van der Waals surface area contributed by atoms with Crippen molar-refractivity contribution in [3.63, 3.8) is 0 Å². The molecule has 0 aliphatic carbocycles. The molecule has 262 valence electrons. The number of nitrogen functional groups attached to an aromatic ring is 1. The lowest BCUT2D eigenvalue weighted by atomic mass is 9.97. The van der Waals surface area contributed by atoms with Gasteiger partial charge in [-0.15, -0.1) is 0 Å². The summed E-state index contributed by atoms with van der Waals surface area (Å²) in [5, 5.41) is 27.1. The van der Waals surface area contributed by atoms with E-state index in [1.54, 1.807) is 64.5 Å². The lowest BCUT2D eigenvalue weighted by molar-refractivity contribution is -0.161. The SMILES string of the molecule is BNCCCC(=O)OC[C@H](COc1ccc(-c2c(C#N)c(N)nc(SCc3coc(-c4ccc(Cl)cc4)n3)c2C#N)cc1)OC(=O)CCCNB. The van der Waals surface area contributed by atoms with Gasteiger partial charge in [0.2, 0.25) is 5.89 Å². The van der Waals surface area contributed by atoms with Crippen molar-refractivity contribution in [2.75, 3.05) is 32.0 Å². The van der Waals surface area contributed by atoms with E-state index in [9.17, 15) is 20.1 Å². The van der Waals surface area contributed by atoms with Crippen molar-refractivity contribution < 1.29 is 28.2 Å². The highest BCUT2D eigenvalue weighted by Crippen LogP contribution is 2.37. The molecule has 4 aromatic rings. The van der Waals surface area contributed by atoms with Gasteiger partial charge in [0.15, 0.2) is 22.1 Å². The Morgan fingerprint density at radius 3 is 2.22 bits per heavy atom. The number of pyridine rings is 1. The first kappa shape index (κ1) is 38.8. The highest BCUT2D eigenvalue weighted by Gasteiger charge is 2.22. The topological polar surface area (TPSA) is 198 Å². The number of nitriles is 2. The van der Waals surface area contributed by atoms with E-state index in [4.69, 9.17) is 36.0 Å². The quantitative estimate of drug-likeness (QED) is 0.0550. The number of ether oxygens (including phenoxy) is 3. The zero-order valence-electron chi connectivity index (χ0n) is 28.2. The van der Waals surface area contributed by atoms with Crippen molar-refractivity contribution in [3.8, 4) is 40.5 Å². The minimum Gasteiger partial charge on any atom is -0.490 e. The minimum atomic E-state index is -0.832. The molecule has 4 rings (SSSR count). The van der Waals surface area contributed by atoms with Crippen LogP contribution in [0.2, 0.25) is 5.02 Å². The molecule has 51 heavy (non-hydrogen) atoms. The Morgan fingerprint density at radius 2 is 1.57 bits per heavy atom. The van der Waals surface area contributed by atoms with Crippen LogP contribution in [0.1, 0.15) is 42.5 Å². The smallest absolute Gasteiger partial charge is 0.306 e. The monoisotopic (exact) mass is 727 g/mol. The first-order chi connectivity index (χ1) is 24.8. The molecular formula is C34H36B2ClN7O6S. The van der Waals surface area contributed by atoms with Gasteiger partial charge < -0.3 is 34.8 Å². The van der Waals surface area contributed by atoms with Crippen molar-refractivity contribution in [1.29, 1.82) is 10.5 Å². The highest BCUT2D eigenvalue weighted by atomic mass is 35.5. The summed E-state index contributed by atoms with van der Waals surface area (Å²) in [6, 6.07) is 18.1. The molecule has 0 radical (unpaired) electrons. The molecule has 0 saturated carbocycles. The van der Waals surface area contributed by atoms with Gasteiger partial charge in [-0.2, -0.15) is 10.5 Å². The second-order valence-electron chi connectivity index (χ2n) is 11.1. The van der Waals surface area contributed by atoms with Crippen molar-refractivity contribution in [2.24, 2.45) is 0 Å². The number of carbonyl (C=O) groups excluding carboxylic acids is 2. The van der Waals surface area contributed by atoms with Gasteiger partial charge in [-0.1, -0.05) is 35.5 Å². The Morgan fingerprint density at radius 1 is 0.922 bits per heavy atom. The Labute approximate surface area is 307 Å². The van der Waals surface area contributed by atoms with Gasteiger partial charge in [-0.3, -0.25) is 9.59 Å². The number of esters is 2. The highest BCUT2D eigenvalue weighted by molar-refractivity contribution is 7.98. The fraction of sp³-hybridized carbons (Fsp3) is 0.294. The Hall–Kier alpha value is -4.99. The summed E-state index contributed by atoms with van der Waals surface area (Å²) in [5.41, 5.74) is 8.73. The molecular weight excluding hydrogens is 692 g/mol. The van der Waals surface area contributed by atoms with Gasteiger partial charge in [-0.25, -0.2) is 9.97 Å². The standard InChI is InChI=1S/C34H36B2ClN7O6S/c35-41-13-1-3-29(45)48-19-26(50-30(46)4-2-14-42-36)18-47-25-11-7-21(8-12-25)31-27(15-38)32(40)44-34(28(31)16-39)51-20-24-17-49-33(43-24)22-5-9-23(37)10-6-22/h5-12,17,26,41-42H,1-4,13-14,18-20,35-36H2,(H2,40,44)/t26-/m0/s1. The molecule has 0 aliphatic rings. The molecule has 0 spiro atoms. The van der Waals surface area contributed by atoms with E-state index in [1.807, 2.05) is 0 Å². The third-order valence-electron chi connectivity index (χ3n) is 7.34. The number of nitrogens with one attached hydrogen (secondary N) is 2. The minimum absolute atomic E-state index is 0.0174. The van der Waals surface area contributed by atoms with Crippen molar-refractivity contribution in [2.45, 2.75) is 42.6 Å². The van der Waals surface area contributed by atoms with Gasteiger partial charge in [0.25, 0.3) is 0 Å². The van der Waals surface area contributed by atoms with Crippen LogP contribution in [0.4, 0.5) is 5.82 Å². The second-order valence-corrected chi connectivity index (χ2v) is 12.5. The normalized spacial score (nSPS) is 11.3. The maximum absolute atomic E-state index is 12.4.